The first kappa shape index (κ1) is 29.7. The van der Waals surface area contributed by atoms with E-state index >= 15 is 0 Å². The molecule has 5 saturated carbocycles. The number of carbonyl (C=O) groups is 1. The Kier molecular flexibility index (Phi) is 7.98. The SMILES string of the molecule is O=C(CCC/C=C\C[C@@H]1[C@@H](/C=C/[C@@H](O)COc2cccc(C(F)(F)F)c2)[C@H](O)C[C@@H]1O)OCC12CC3CC4C[C@H](C1)C432. The number of aliphatic hydroxyl groups excluding tert-OH is 3. The van der Waals surface area contributed by atoms with Crippen LogP contribution in [-0.2, 0) is 15.7 Å². The van der Waals surface area contributed by atoms with Gasteiger partial charge in [0, 0.05) is 24.2 Å². The van der Waals surface area contributed by atoms with E-state index in [1.54, 1.807) is 6.08 Å². The molecule has 4 unspecified atom stereocenters. The molecule has 0 bridgehead atoms. The minimum Gasteiger partial charge on any atom is -0.491 e. The van der Waals surface area contributed by atoms with Crippen LogP contribution in [0.3, 0.4) is 0 Å². The average molecular weight is 591 g/mol. The van der Waals surface area contributed by atoms with Crippen molar-refractivity contribution in [2.24, 2.45) is 40.4 Å². The summed E-state index contributed by atoms with van der Waals surface area (Å²) in [5.74, 6) is 1.97. The Morgan fingerprint density at radius 2 is 1.83 bits per heavy atom. The van der Waals surface area contributed by atoms with Gasteiger partial charge in [0.25, 0.3) is 0 Å². The number of aliphatic hydroxyl groups is 3. The summed E-state index contributed by atoms with van der Waals surface area (Å²) in [5, 5.41) is 31.2. The Labute approximate surface area is 244 Å². The van der Waals surface area contributed by atoms with Crippen LogP contribution in [-0.4, -0.2) is 52.8 Å². The number of unbranched alkanes of at least 4 members (excludes halogenated alkanes) is 1. The fraction of sp³-hybridized carbons (Fsp3) is 0.667. The van der Waals surface area contributed by atoms with E-state index < -0.39 is 30.1 Å². The average Bonchev–Trinajstić information content (AvgIpc) is 3.17. The van der Waals surface area contributed by atoms with Crippen molar-refractivity contribution in [3.63, 3.8) is 0 Å². The van der Waals surface area contributed by atoms with Gasteiger partial charge in [-0.1, -0.05) is 30.4 Å². The number of hydrogen-bond acceptors (Lipinski definition) is 6. The van der Waals surface area contributed by atoms with Gasteiger partial charge in [-0.05, 0) is 92.2 Å². The minimum absolute atomic E-state index is 0.00201. The van der Waals surface area contributed by atoms with Gasteiger partial charge in [-0.2, -0.15) is 13.2 Å². The van der Waals surface area contributed by atoms with E-state index in [4.69, 9.17) is 9.47 Å². The number of carbonyl (C=O) groups excluding carboxylic acids is 1. The maximum Gasteiger partial charge on any atom is 0.416 e. The van der Waals surface area contributed by atoms with Crippen LogP contribution in [0.1, 0.15) is 63.4 Å². The lowest BCUT2D eigenvalue weighted by molar-refractivity contribution is -0.437. The van der Waals surface area contributed by atoms with Crippen LogP contribution < -0.4 is 4.74 Å². The summed E-state index contributed by atoms with van der Waals surface area (Å²) in [4.78, 5) is 12.3. The summed E-state index contributed by atoms with van der Waals surface area (Å²) < 4.78 is 49.7. The summed E-state index contributed by atoms with van der Waals surface area (Å²) in [6.45, 7) is 0.355. The van der Waals surface area contributed by atoms with Gasteiger partial charge < -0.3 is 24.8 Å². The van der Waals surface area contributed by atoms with Crippen molar-refractivity contribution in [2.45, 2.75) is 82.3 Å². The molecular weight excluding hydrogens is 549 g/mol. The third-order valence-corrected chi connectivity index (χ3v) is 11.2. The van der Waals surface area contributed by atoms with Crippen LogP contribution in [0.5, 0.6) is 5.75 Å². The van der Waals surface area contributed by atoms with Crippen molar-refractivity contribution in [2.75, 3.05) is 13.2 Å². The second kappa shape index (κ2) is 11.3. The van der Waals surface area contributed by atoms with E-state index in [0.717, 1.165) is 29.9 Å². The third kappa shape index (κ3) is 5.09. The highest BCUT2D eigenvalue weighted by molar-refractivity contribution is 5.69. The molecule has 1 spiro atoms. The van der Waals surface area contributed by atoms with Crippen LogP contribution in [0.2, 0.25) is 0 Å². The molecule has 1 aromatic carbocycles. The number of allylic oxidation sites excluding steroid dienone is 2. The molecule has 5 fully saturated rings. The molecule has 6 rings (SSSR count). The van der Waals surface area contributed by atoms with Gasteiger partial charge in [0.15, 0.2) is 0 Å². The smallest absolute Gasteiger partial charge is 0.416 e. The van der Waals surface area contributed by atoms with Crippen LogP contribution >= 0.6 is 0 Å². The molecule has 3 N–H and O–H groups in total. The monoisotopic (exact) mass is 590 g/mol. The van der Waals surface area contributed by atoms with Crippen molar-refractivity contribution >= 4 is 5.97 Å². The Balaban J connectivity index is 0.894. The van der Waals surface area contributed by atoms with E-state index in [0.29, 0.717) is 43.1 Å². The number of alkyl halides is 3. The lowest BCUT2D eigenvalue weighted by Gasteiger charge is -2.91. The molecule has 0 aliphatic heterocycles. The standard InChI is InChI=1S/C33H41F3O6/c34-33(35,36)20-6-5-7-25(14-20)41-18-24(37)10-11-27-26(28(38)15-29(27)39)8-3-1-2-4-9-30(40)42-19-31-16-22-12-21-13-23(17-31)32(21,22)31/h1,3,5-7,10-11,14,21-24,26-29,37-39H,2,4,8-9,12-13,15-19H2/b3-1-,11-10+/t21?,22-,23?,24-,26-,27-,28+,29-,31?,32?/m1/s1. The summed E-state index contributed by atoms with van der Waals surface area (Å²) in [5.41, 5.74) is 0.0452. The van der Waals surface area contributed by atoms with Crippen molar-refractivity contribution in [3.8, 4) is 5.75 Å². The van der Waals surface area contributed by atoms with Gasteiger partial charge in [0.05, 0.1) is 24.4 Å². The maximum atomic E-state index is 12.9. The predicted molar refractivity (Wildman–Crippen MR) is 148 cm³/mol. The first-order valence-corrected chi connectivity index (χ1v) is 15.4. The van der Waals surface area contributed by atoms with Gasteiger partial charge in [0.1, 0.15) is 18.5 Å². The van der Waals surface area contributed by atoms with Gasteiger partial charge in [-0.15, -0.1) is 0 Å². The molecule has 6 nitrogen and oxygen atoms in total. The quantitative estimate of drug-likeness (QED) is 0.161. The van der Waals surface area contributed by atoms with Gasteiger partial charge in [0.2, 0.25) is 0 Å². The lowest BCUT2D eigenvalue weighted by atomic mass is 9.13. The van der Waals surface area contributed by atoms with E-state index in [-0.39, 0.29) is 36.6 Å². The first-order chi connectivity index (χ1) is 20.0. The lowest BCUT2D eigenvalue weighted by Crippen LogP contribution is -2.86. The zero-order valence-electron chi connectivity index (χ0n) is 23.7. The molecule has 0 radical (unpaired) electrons. The number of rotatable bonds is 13. The molecule has 0 saturated heterocycles. The highest BCUT2D eigenvalue weighted by atomic mass is 19.4. The number of esters is 1. The minimum atomic E-state index is -4.49. The number of benzene rings is 1. The van der Waals surface area contributed by atoms with Crippen LogP contribution in [0, 0.1) is 40.4 Å². The normalized spacial score (nSPS) is 38.6. The highest BCUT2D eigenvalue weighted by Gasteiger charge is 2.87. The Bertz CT molecular complexity index is 1180. The van der Waals surface area contributed by atoms with Crippen LogP contribution in [0.25, 0.3) is 0 Å². The molecule has 10 atom stereocenters. The Morgan fingerprint density at radius 3 is 2.52 bits per heavy atom. The summed E-state index contributed by atoms with van der Waals surface area (Å²) in [7, 11) is 0. The first-order valence-electron chi connectivity index (χ1n) is 15.4. The second-order valence-electron chi connectivity index (χ2n) is 13.3. The summed E-state index contributed by atoms with van der Waals surface area (Å²) in [6, 6.07) is 4.45. The second-order valence-corrected chi connectivity index (χ2v) is 13.3. The molecule has 1 aromatic rings. The van der Waals surface area contributed by atoms with Gasteiger partial charge in [-0.25, -0.2) is 0 Å². The van der Waals surface area contributed by atoms with Crippen molar-refractivity contribution in [1.82, 2.24) is 0 Å². The molecule has 5 aliphatic carbocycles. The van der Waals surface area contributed by atoms with Gasteiger partial charge >= 0.3 is 12.1 Å². The van der Waals surface area contributed by atoms with E-state index in [1.807, 2.05) is 12.2 Å². The highest BCUT2D eigenvalue weighted by Crippen LogP contribution is 2.92. The van der Waals surface area contributed by atoms with Crippen molar-refractivity contribution in [1.29, 1.82) is 0 Å². The Hall–Kier alpha value is -2.36. The number of ether oxygens (including phenoxy) is 2. The van der Waals surface area contributed by atoms with Crippen LogP contribution in [0.4, 0.5) is 13.2 Å². The molecule has 5 aliphatic rings. The zero-order valence-corrected chi connectivity index (χ0v) is 23.7. The molecule has 0 heterocycles. The largest absolute Gasteiger partial charge is 0.491 e. The third-order valence-electron chi connectivity index (χ3n) is 11.2. The topological polar surface area (TPSA) is 96.2 Å². The predicted octanol–water partition coefficient (Wildman–Crippen LogP) is 5.46. The van der Waals surface area contributed by atoms with Gasteiger partial charge in [-0.3, -0.25) is 4.79 Å². The molecule has 230 valence electrons. The number of hydrogen-bond donors (Lipinski definition) is 3. The van der Waals surface area contributed by atoms with E-state index in [1.165, 1.54) is 43.9 Å². The van der Waals surface area contributed by atoms with E-state index in [9.17, 15) is 33.3 Å². The number of halogens is 3. The van der Waals surface area contributed by atoms with Crippen molar-refractivity contribution in [3.05, 3.63) is 54.1 Å². The van der Waals surface area contributed by atoms with Crippen molar-refractivity contribution < 1.29 is 42.8 Å². The fourth-order valence-electron chi connectivity index (χ4n) is 9.40. The summed E-state index contributed by atoms with van der Waals surface area (Å²) >= 11 is 0. The van der Waals surface area contributed by atoms with Crippen LogP contribution in [0.15, 0.2) is 48.6 Å². The molecule has 42 heavy (non-hydrogen) atoms. The fourth-order valence-corrected chi connectivity index (χ4v) is 9.40. The molecule has 0 amide bonds. The zero-order chi connectivity index (χ0) is 29.7. The maximum absolute atomic E-state index is 12.9. The Morgan fingerprint density at radius 1 is 1.07 bits per heavy atom. The summed E-state index contributed by atoms with van der Waals surface area (Å²) in [6.07, 6.45) is 7.84. The molecule has 0 aromatic heterocycles. The van der Waals surface area contributed by atoms with E-state index in [2.05, 4.69) is 0 Å². The molecule has 9 heteroatoms. The molecular formula is C33H41F3O6.